The summed E-state index contributed by atoms with van der Waals surface area (Å²) in [7, 11) is -1.97. The second-order valence-electron chi connectivity index (χ2n) is 5.90. The number of piperazine rings is 1. The molecule has 1 aromatic heterocycles. The monoisotopic (exact) mass is 426 g/mol. The Bertz CT molecular complexity index is 948. The van der Waals surface area contributed by atoms with Crippen molar-refractivity contribution in [2.24, 2.45) is 0 Å². The maximum atomic E-state index is 12.6. The summed E-state index contributed by atoms with van der Waals surface area (Å²) in [5.41, 5.74) is 0.860. The van der Waals surface area contributed by atoms with Gasteiger partial charge in [-0.05, 0) is 35.9 Å². The lowest BCUT2D eigenvalue weighted by atomic mass is 10.2. The maximum Gasteiger partial charge on any atom is 0.252 e. The number of carbonyl (C=O) groups is 1. The molecule has 0 unspecified atom stereocenters. The zero-order valence-electron chi connectivity index (χ0n) is 14.7. The topological polar surface area (TPSA) is 66.9 Å². The van der Waals surface area contributed by atoms with Gasteiger partial charge < -0.3 is 9.64 Å². The van der Waals surface area contributed by atoms with Crippen molar-refractivity contribution in [1.29, 1.82) is 0 Å². The average molecular weight is 427 g/mol. The first-order valence-electron chi connectivity index (χ1n) is 8.27. The second-order valence-corrected chi connectivity index (χ2v) is 9.78. The van der Waals surface area contributed by atoms with Crippen LogP contribution >= 0.6 is 22.9 Å². The lowest BCUT2D eigenvalue weighted by molar-refractivity contribution is -0.127. The van der Waals surface area contributed by atoms with Gasteiger partial charge in [0.1, 0.15) is 9.96 Å². The van der Waals surface area contributed by atoms with Gasteiger partial charge in [-0.3, -0.25) is 4.79 Å². The highest BCUT2D eigenvalue weighted by Crippen LogP contribution is 2.28. The number of carbonyl (C=O) groups excluding carboxylic acids is 1. The zero-order valence-corrected chi connectivity index (χ0v) is 17.1. The van der Waals surface area contributed by atoms with Crippen molar-refractivity contribution >= 4 is 44.9 Å². The highest BCUT2D eigenvalue weighted by Gasteiger charge is 2.30. The van der Waals surface area contributed by atoms with Crippen LogP contribution < -0.4 is 4.74 Å². The van der Waals surface area contributed by atoms with Gasteiger partial charge in [0.2, 0.25) is 5.91 Å². The third kappa shape index (κ3) is 4.70. The third-order valence-electron chi connectivity index (χ3n) is 4.21. The number of halogens is 1. The molecule has 0 aliphatic carbocycles. The lowest BCUT2D eigenvalue weighted by Crippen LogP contribution is -2.50. The highest BCUT2D eigenvalue weighted by molar-refractivity contribution is 7.91. The summed E-state index contributed by atoms with van der Waals surface area (Å²) in [6, 6.07) is 10.5. The molecule has 0 saturated carbocycles. The Kier molecular flexibility index (Phi) is 6.21. The van der Waals surface area contributed by atoms with Crippen molar-refractivity contribution in [3.63, 3.8) is 0 Å². The van der Waals surface area contributed by atoms with Crippen molar-refractivity contribution in [3.8, 4) is 5.75 Å². The molecular formula is C18H19ClN2O4S2. The Hall–Kier alpha value is -1.87. The van der Waals surface area contributed by atoms with E-state index in [1.807, 2.05) is 24.3 Å². The van der Waals surface area contributed by atoms with Crippen LogP contribution in [0.15, 0.2) is 46.7 Å². The zero-order chi connectivity index (χ0) is 19.4. The summed E-state index contributed by atoms with van der Waals surface area (Å²) >= 11 is 6.88. The molecule has 0 radical (unpaired) electrons. The summed E-state index contributed by atoms with van der Waals surface area (Å²) in [6.07, 6.45) is 3.22. The fourth-order valence-corrected chi connectivity index (χ4v) is 5.79. The number of nitrogens with zero attached hydrogens (tertiary/aromatic N) is 2. The summed E-state index contributed by atoms with van der Waals surface area (Å²) in [4.78, 5) is 14.0. The van der Waals surface area contributed by atoms with Crippen LogP contribution in [0.3, 0.4) is 0 Å². The number of rotatable bonds is 5. The van der Waals surface area contributed by atoms with Crippen molar-refractivity contribution in [3.05, 3.63) is 52.4 Å². The number of hydrogen-bond donors (Lipinski definition) is 0. The van der Waals surface area contributed by atoms with Crippen molar-refractivity contribution in [2.75, 3.05) is 33.3 Å². The Balaban J connectivity index is 1.60. The van der Waals surface area contributed by atoms with E-state index in [1.54, 1.807) is 24.2 Å². The molecule has 2 aromatic rings. The molecule has 0 N–H and O–H groups in total. The first-order chi connectivity index (χ1) is 12.9. The smallest absolute Gasteiger partial charge is 0.252 e. The fraction of sp³-hybridized carbons (Fsp3) is 0.278. The van der Waals surface area contributed by atoms with Gasteiger partial charge in [0.15, 0.2) is 0 Å². The molecule has 2 heterocycles. The summed E-state index contributed by atoms with van der Waals surface area (Å²) < 4.78 is 32.4. The molecule has 144 valence electrons. The Morgan fingerprint density at radius 2 is 1.93 bits per heavy atom. The van der Waals surface area contributed by atoms with Crippen molar-refractivity contribution in [1.82, 2.24) is 9.21 Å². The lowest BCUT2D eigenvalue weighted by Gasteiger charge is -2.33. The van der Waals surface area contributed by atoms with Crippen LogP contribution in [0.1, 0.15) is 5.56 Å². The van der Waals surface area contributed by atoms with E-state index in [2.05, 4.69) is 0 Å². The number of methoxy groups -OCH3 is 1. The van der Waals surface area contributed by atoms with Gasteiger partial charge in [-0.25, -0.2) is 8.42 Å². The summed E-state index contributed by atoms with van der Waals surface area (Å²) in [5, 5.41) is 0. The molecule has 1 saturated heterocycles. The Morgan fingerprint density at radius 1 is 1.19 bits per heavy atom. The molecule has 1 amide bonds. The summed E-state index contributed by atoms with van der Waals surface area (Å²) in [5.74, 6) is 0.575. The number of thiophene rings is 1. The number of sulfonamides is 1. The van der Waals surface area contributed by atoms with Crippen LogP contribution in [0.2, 0.25) is 4.34 Å². The van der Waals surface area contributed by atoms with Crippen molar-refractivity contribution in [2.45, 2.75) is 4.21 Å². The second kappa shape index (κ2) is 8.43. The van der Waals surface area contributed by atoms with E-state index in [1.165, 1.54) is 16.4 Å². The predicted molar refractivity (Wildman–Crippen MR) is 107 cm³/mol. The number of benzene rings is 1. The molecular weight excluding hydrogens is 408 g/mol. The Labute approximate surface area is 167 Å². The van der Waals surface area contributed by atoms with Gasteiger partial charge in [-0.2, -0.15) is 4.31 Å². The van der Waals surface area contributed by atoms with E-state index in [4.69, 9.17) is 16.3 Å². The molecule has 9 heteroatoms. The molecule has 1 fully saturated rings. The summed E-state index contributed by atoms with van der Waals surface area (Å²) in [6.45, 7) is 1.21. The molecule has 27 heavy (non-hydrogen) atoms. The molecule has 1 aromatic carbocycles. The largest absolute Gasteiger partial charge is 0.497 e. The maximum absolute atomic E-state index is 12.6. The van der Waals surface area contributed by atoms with E-state index in [0.29, 0.717) is 17.4 Å². The molecule has 1 aliphatic heterocycles. The van der Waals surface area contributed by atoms with Gasteiger partial charge in [-0.15, -0.1) is 11.3 Å². The minimum Gasteiger partial charge on any atom is -0.497 e. The molecule has 6 nitrogen and oxygen atoms in total. The van der Waals surface area contributed by atoms with Gasteiger partial charge >= 0.3 is 0 Å². The molecule has 1 aliphatic rings. The van der Waals surface area contributed by atoms with E-state index in [-0.39, 0.29) is 23.2 Å². The third-order valence-corrected chi connectivity index (χ3v) is 7.80. The molecule has 0 bridgehead atoms. The molecule has 0 atom stereocenters. The van der Waals surface area contributed by atoms with Crippen LogP contribution in [0.25, 0.3) is 6.08 Å². The highest BCUT2D eigenvalue weighted by atomic mass is 35.5. The standard InChI is InChI=1S/C18H19ClN2O4S2/c1-25-15-4-2-3-14(13-15)5-7-17(22)20-9-11-21(12-10-20)27(23,24)18-8-6-16(19)26-18/h2-8,13H,9-12H2,1H3. The SMILES string of the molecule is COc1cccc(C=CC(=O)N2CCN(S(=O)(=O)c3ccc(Cl)s3)CC2)c1. The van der Waals surface area contributed by atoms with Crippen LogP contribution in [-0.2, 0) is 14.8 Å². The number of amides is 1. The first-order valence-corrected chi connectivity index (χ1v) is 10.9. The van der Waals surface area contributed by atoms with Gasteiger partial charge in [0, 0.05) is 32.3 Å². The fourth-order valence-electron chi connectivity index (χ4n) is 2.73. The quantitative estimate of drug-likeness (QED) is 0.689. The van der Waals surface area contributed by atoms with Gasteiger partial charge in [0.25, 0.3) is 10.0 Å². The normalized spacial score (nSPS) is 16.0. The van der Waals surface area contributed by atoms with Crippen LogP contribution in [0.5, 0.6) is 5.75 Å². The van der Waals surface area contributed by atoms with Crippen LogP contribution in [0, 0.1) is 0 Å². The van der Waals surface area contributed by atoms with Crippen LogP contribution in [-0.4, -0.2) is 56.8 Å². The van der Waals surface area contributed by atoms with Crippen molar-refractivity contribution < 1.29 is 17.9 Å². The van der Waals surface area contributed by atoms with Gasteiger partial charge in [-0.1, -0.05) is 23.7 Å². The van der Waals surface area contributed by atoms with Crippen LogP contribution in [0.4, 0.5) is 0 Å². The minimum absolute atomic E-state index is 0.144. The minimum atomic E-state index is -3.56. The van der Waals surface area contributed by atoms with E-state index in [0.717, 1.165) is 22.6 Å². The van der Waals surface area contributed by atoms with E-state index < -0.39 is 10.0 Å². The first kappa shape index (κ1) is 19.9. The van der Waals surface area contributed by atoms with E-state index >= 15 is 0 Å². The number of hydrogen-bond acceptors (Lipinski definition) is 5. The number of ether oxygens (including phenoxy) is 1. The predicted octanol–water partition coefficient (Wildman–Crippen LogP) is 2.96. The Morgan fingerprint density at radius 3 is 2.56 bits per heavy atom. The molecule has 3 rings (SSSR count). The molecule has 0 spiro atoms. The average Bonchev–Trinajstić information content (AvgIpc) is 3.13. The van der Waals surface area contributed by atoms with E-state index in [9.17, 15) is 13.2 Å². The van der Waals surface area contributed by atoms with Gasteiger partial charge in [0.05, 0.1) is 11.4 Å².